The first-order chi connectivity index (χ1) is 6.60. The van der Waals surface area contributed by atoms with Crippen LogP contribution in [0.4, 0.5) is 0 Å². The van der Waals surface area contributed by atoms with Crippen LogP contribution in [0.25, 0.3) is 0 Å². The Balaban J connectivity index is 2.18. The quantitative estimate of drug-likeness (QED) is 0.729. The molecule has 2 rings (SSSR count). The number of carboxylic acid groups (broad SMARTS) is 1. The fourth-order valence-corrected chi connectivity index (χ4v) is 2.53. The topological polar surface area (TPSA) is 40.5 Å². The molecule has 2 fully saturated rings. The zero-order valence-electron chi connectivity index (χ0n) is 8.99. The van der Waals surface area contributed by atoms with Gasteiger partial charge in [-0.3, -0.25) is 9.69 Å². The Morgan fingerprint density at radius 2 is 2.00 bits per heavy atom. The lowest BCUT2D eigenvalue weighted by Crippen LogP contribution is -2.55. The van der Waals surface area contributed by atoms with Gasteiger partial charge in [-0.2, -0.15) is 0 Å². The van der Waals surface area contributed by atoms with E-state index in [1.54, 1.807) is 0 Å². The Labute approximate surface area is 85.1 Å². The van der Waals surface area contributed by atoms with E-state index in [1.165, 1.54) is 12.8 Å². The molecule has 2 saturated carbocycles. The van der Waals surface area contributed by atoms with E-state index in [0.717, 1.165) is 19.4 Å². The lowest BCUT2D eigenvalue weighted by Gasteiger charge is -2.37. The first kappa shape index (κ1) is 9.97. The third kappa shape index (κ3) is 1.44. The first-order valence-corrected chi connectivity index (χ1v) is 5.60. The molecule has 3 nitrogen and oxygen atoms in total. The van der Waals surface area contributed by atoms with Gasteiger partial charge in [0.1, 0.15) is 5.54 Å². The van der Waals surface area contributed by atoms with E-state index in [0.29, 0.717) is 12.0 Å². The second kappa shape index (κ2) is 3.23. The summed E-state index contributed by atoms with van der Waals surface area (Å²) in [4.78, 5) is 13.6. The van der Waals surface area contributed by atoms with Gasteiger partial charge in [0, 0.05) is 6.04 Å². The average Bonchev–Trinajstić information content (AvgIpc) is 2.99. The lowest BCUT2D eigenvalue weighted by molar-refractivity contribution is -0.152. The third-order valence-electron chi connectivity index (χ3n) is 3.73. The summed E-state index contributed by atoms with van der Waals surface area (Å²) in [6.07, 6.45) is 4.55. The summed E-state index contributed by atoms with van der Waals surface area (Å²) in [5, 5.41) is 9.38. The van der Waals surface area contributed by atoms with Crippen LogP contribution >= 0.6 is 0 Å². The molecule has 0 aliphatic heterocycles. The maximum Gasteiger partial charge on any atom is 0.324 e. The fourth-order valence-electron chi connectivity index (χ4n) is 2.53. The zero-order valence-corrected chi connectivity index (χ0v) is 8.99. The minimum atomic E-state index is -0.631. The van der Waals surface area contributed by atoms with Crippen LogP contribution in [0, 0.1) is 5.92 Å². The summed E-state index contributed by atoms with van der Waals surface area (Å²) >= 11 is 0. The number of hydrogen-bond acceptors (Lipinski definition) is 2. The molecule has 0 aromatic heterocycles. The van der Waals surface area contributed by atoms with E-state index in [2.05, 4.69) is 11.8 Å². The third-order valence-corrected chi connectivity index (χ3v) is 3.73. The van der Waals surface area contributed by atoms with Crippen molar-refractivity contribution in [2.45, 2.75) is 51.1 Å². The molecular formula is C11H19NO2. The number of carbonyl (C=O) groups is 1. The average molecular weight is 197 g/mol. The Morgan fingerprint density at radius 3 is 2.29 bits per heavy atom. The lowest BCUT2D eigenvalue weighted by atomic mass is 9.93. The highest BCUT2D eigenvalue weighted by molar-refractivity contribution is 5.79. The van der Waals surface area contributed by atoms with E-state index < -0.39 is 11.5 Å². The van der Waals surface area contributed by atoms with Gasteiger partial charge in [-0.05, 0) is 45.1 Å². The van der Waals surface area contributed by atoms with Gasteiger partial charge in [0.05, 0.1) is 0 Å². The molecule has 1 unspecified atom stereocenters. The van der Waals surface area contributed by atoms with Gasteiger partial charge < -0.3 is 5.11 Å². The molecule has 0 heterocycles. The van der Waals surface area contributed by atoms with Crippen LogP contribution in [0.1, 0.15) is 39.5 Å². The van der Waals surface area contributed by atoms with E-state index in [-0.39, 0.29) is 0 Å². The monoisotopic (exact) mass is 197 g/mol. The Morgan fingerprint density at radius 1 is 1.43 bits per heavy atom. The normalized spacial score (nSPS) is 26.2. The van der Waals surface area contributed by atoms with Crippen molar-refractivity contribution in [2.24, 2.45) is 5.92 Å². The van der Waals surface area contributed by atoms with E-state index in [1.807, 2.05) is 6.92 Å². The van der Waals surface area contributed by atoms with Crippen LogP contribution in [-0.2, 0) is 4.79 Å². The fraction of sp³-hybridized carbons (Fsp3) is 0.909. The highest BCUT2D eigenvalue weighted by Gasteiger charge is 2.54. The van der Waals surface area contributed by atoms with Crippen LogP contribution in [0.5, 0.6) is 0 Å². The molecule has 3 heteroatoms. The van der Waals surface area contributed by atoms with Crippen molar-refractivity contribution in [1.82, 2.24) is 4.90 Å². The molecule has 0 spiro atoms. The molecule has 0 radical (unpaired) electrons. The van der Waals surface area contributed by atoms with E-state index in [9.17, 15) is 9.90 Å². The molecule has 1 atom stereocenters. The smallest absolute Gasteiger partial charge is 0.324 e. The maximum atomic E-state index is 11.4. The number of carboxylic acids is 1. The van der Waals surface area contributed by atoms with Crippen LogP contribution < -0.4 is 0 Å². The van der Waals surface area contributed by atoms with E-state index >= 15 is 0 Å². The molecule has 0 aromatic carbocycles. The summed E-state index contributed by atoms with van der Waals surface area (Å²) in [6.45, 7) is 4.85. The molecule has 0 bridgehead atoms. The molecule has 14 heavy (non-hydrogen) atoms. The largest absolute Gasteiger partial charge is 0.480 e. The van der Waals surface area contributed by atoms with Crippen molar-refractivity contribution < 1.29 is 9.90 Å². The standard InChI is InChI=1S/C11H19NO2/c1-3-12(9-6-7-9)11(2,10(13)14)8-4-5-8/h8-9H,3-7H2,1-2H3,(H,13,14). The van der Waals surface area contributed by atoms with Crippen LogP contribution in [0.15, 0.2) is 0 Å². The van der Waals surface area contributed by atoms with Crippen molar-refractivity contribution in [3.63, 3.8) is 0 Å². The highest BCUT2D eigenvalue weighted by atomic mass is 16.4. The van der Waals surface area contributed by atoms with Crippen LogP contribution in [0.2, 0.25) is 0 Å². The highest BCUT2D eigenvalue weighted by Crippen LogP contribution is 2.46. The summed E-state index contributed by atoms with van der Waals surface area (Å²) in [6, 6.07) is 0.543. The molecule has 0 amide bonds. The molecule has 2 aliphatic carbocycles. The van der Waals surface area contributed by atoms with Crippen molar-refractivity contribution >= 4 is 5.97 Å². The summed E-state index contributed by atoms with van der Waals surface area (Å²) in [5.41, 5.74) is -0.587. The predicted octanol–water partition coefficient (Wildman–Crippen LogP) is 1.72. The molecule has 80 valence electrons. The Kier molecular flexibility index (Phi) is 2.30. The van der Waals surface area contributed by atoms with E-state index in [4.69, 9.17) is 0 Å². The Bertz CT molecular complexity index is 246. The SMILES string of the molecule is CCN(C1CC1)C(C)(C(=O)O)C1CC1. The maximum absolute atomic E-state index is 11.4. The summed E-state index contributed by atoms with van der Waals surface area (Å²) in [7, 11) is 0. The number of rotatable bonds is 5. The van der Waals surface area contributed by atoms with Gasteiger partial charge in [0.15, 0.2) is 0 Å². The second-order valence-corrected chi connectivity index (χ2v) is 4.74. The van der Waals surface area contributed by atoms with Crippen molar-refractivity contribution in [1.29, 1.82) is 0 Å². The summed E-state index contributed by atoms with van der Waals surface area (Å²) in [5.74, 6) is -0.241. The van der Waals surface area contributed by atoms with Gasteiger partial charge in [0.25, 0.3) is 0 Å². The Hall–Kier alpha value is -0.570. The van der Waals surface area contributed by atoms with Gasteiger partial charge in [-0.15, -0.1) is 0 Å². The van der Waals surface area contributed by atoms with Gasteiger partial charge >= 0.3 is 5.97 Å². The zero-order chi connectivity index (χ0) is 10.3. The second-order valence-electron chi connectivity index (χ2n) is 4.74. The molecule has 1 N–H and O–H groups in total. The van der Waals surface area contributed by atoms with Gasteiger partial charge in [-0.25, -0.2) is 0 Å². The first-order valence-electron chi connectivity index (χ1n) is 5.60. The number of nitrogens with zero attached hydrogens (tertiary/aromatic N) is 1. The number of aliphatic carboxylic acids is 1. The molecular weight excluding hydrogens is 178 g/mol. The molecule has 2 aliphatic rings. The minimum absolute atomic E-state index is 0.389. The summed E-state index contributed by atoms with van der Waals surface area (Å²) < 4.78 is 0. The van der Waals surface area contributed by atoms with Gasteiger partial charge in [-0.1, -0.05) is 6.92 Å². The molecule has 0 saturated heterocycles. The van der Waals surface area contributed by atoms with Crippen molar-refractivity contribution in [3.8, 4) is 0 Å². The number of hydrogen-bond donors (Lipinski definition) is 1. The van der Waals surface area contributed by atoms with Gasteiger partial charge in [0.2, 0.25) is 0 Å². The van der Waals surface area contributed by atoms with Crippen molar-refractivity contribution in [3.05, 3.63) is 0 Å². The van der Waals surface area contributed by atoms with Crippen LogP contribution in [0.3, 0.4) is 0 Å². The minimum Gasteiger partial charge on any atom is -0.480 e. The van der Waals surface area contributed by atoms with Crippen LogP contribution in [-0.4, -0.2) is 34.1 Å². The predicted molar refractivity (Wildman–Crippen MR) is 54.2 cm³/mol. The number of likely N-dealkylation sites (N-methyl/N-ethyl adjacent to an activating group) is 1. The van der Waals surface area contributed by atoms with Crippen molar-refractivity contribution in [2.75, 3.05) is 6.54 Å². The molecule has 0 aromatic rings.